The molecule has 0 aliphatic carbocycles. The smallest absolute Gasteiger partial charge is 0.325 e. The predicted molar refractivity (Wildman–Crippen MR) is 120 cm³/mol. The molecule has 9 heteroatoms. The molecule has 4 rings (SSSR count). The number of benzene rings is 2. The van der Waals surface area contributed by atoms with Gasteiger partial charge in [-0.25, -0.2) is 4.90 Å². The van der Waals surface area contributed by atoms with Crippen molar-refractivity contribution in [3.05, 3.63) is 77.1 Å². The standard InChI is InChI=1S/C23H20N4O4S/c1-4-13-32-23-24-21(30)20-16-9-5-7-11-18(16)26(14(2)28)22(27(20)25-23)17-10-6-8-12-19(17)31-15(3)29/h4-12,22H,1,13H2,2-3H3/p+1. The maximum absolute atomic E-state index is 13.2. The van der Waals surface area contributed by atoms with E-state index in [4.69, 9.17) is 4.74 Å². The zero-order valence-electron chi connectivity index (χ0n) is 17.6. The Kier molecular flexibility index (Phi) is 5.91. The number of aromatic nitrogens is 3. The topological polar surface area (TPSA) is 96.2 Å². The van der Waals surface area contributed by atoms with Gasteiger partial charge in [-0.1, -0.05) is 42.1 Å². The van der Waals surface area contributed by atoms with Gasteiger partial charge in [-0.2, -0.15) is 0 Å². The minimum atomic E-state index is -0.835. The number of carbonyl (C=O) groups excluding carboxylic acids is 2. The van der Waals surface area contributed by atoms with Gasteiger partial charge in [0.1, 0.15) is 5.75 Å². The highest BCUT2D eigenvalue weighted by atomic mass is 32.2. The molecule has 1 atom stereocenters. The Balaban J connectivity index is 2.05. The quantitative estimate of drug-likeness (QED) is 0.212. The number of nitrogens with one attached hydrogen (secondary N) is 1. The number of aromatic amines is 1. The maximum atomic E-state index is 13.2. The molecule has 2 aromatic carbocycles. The number of amides is 1. The molecule has 8 nitrogen and oxygen atoms in total. The molecule has 32 heavy (non-hydrogen) atoms. The fraction of sp³-hybridized carbons (Fsp3) is 0.174. The number of carbonyl (C=O) groups is 2. The third-order valence-electron chi connectivity index (χ3n) is 4.89. The summed E-state index contributed by atoms with van der Waals surface area (Å²) >= 11 is 1.32. The molecule has 0 radical (unpaired) electrons. The number of anilines is 1. The van der Waals surface area contributed by atoms with Gasteiger partial charge in [0.05, 0.1) is 16.8 Å². The lowest BCUT2D eigenvalue weighted by molar-refractivity contribution is -0.763. The number of para-hydroxylation sites is 2. The molecule has 2 heterocycles. The van der Waals surface area contributed by atoms with Crippen LogP contribution in [0.1, 0.15) is 25.6 Å². The van der Waals surface area contributed by atoms with E-state index in [1.165, 1.54) is 30.3 Å². The lowest BCUT2D eigenvalue weighted by atomic mass is 10.0. The van der Waals surface area contributed by atoms with E-state index in [0.717, 1.165) is 0 Å². The van der Waals surface area contributed by atoms with Crippen LogP contribution in [0.2, 0.25) is 0 Å². The second kappa shape index (κ2) is 8.80. The number of nitrogens with zero attached hydrogens (tertiary/aromatic N) is 3. The van der Waals surface area contributed by atoms with Crippen molar-refractivity contribution < 1.29 is 19.0 Å². The van der Waals surface area contributed by atoms with E-state index in [2.05, 4.69) is 16.7 Å². The summed E-state index contributed by atoms with van der Waals surface area (Å²) < 4.78 is 6.96. The van der Waals surface area contributed by atoms with Crippen LogP contribution in [0.3, 0.4) is 0 Å². The van der Waals surface area contributed by atoms with Crippen LogP contribution in [0.4, 0.5) is 5.69 Å². The first-order chi connectivity index (χ1) is 15.4. The Hall–Kier alpha value is -3.72. The van der Waals surface area contributed by atoms with Crippen LogP contribution in [0.5, 0.6) is 5.75 Å². The highest BCUT2D eigenvalue weighted by Crippen LogP contribution is 2.39. The molecule has 162 valence electrons. The van der Waals surface area contributed by atoms with Gasteiger partial charge in [-0.05, 0) is 28.9 Å². The van der Waals surface area contributed by atoms with E-state index >= 15 is 0 Å². The van der Waals surface area contributed by atoms with Crippen LogP contribution in [0, 0.1) is 0 Å². The van der Waals surface area contributed by atoms with Gasteiger partial charge in [-0.3, -0.25) is 19.4 Å². The predicted octanol–water partition coefficient (Wildman–Crippen LogP) is 2.84. The number of thioether (sulfide) groups is 1. The summed E-state index contributed by atoms with van der Waals surface area (Å²) in [5.74, 6) is 0.0932. The number of esters is 1. The molecular weight excluding hydrogens is 428 g/mol. The Labute approximate surface area is 188 Å². The molecule has 1 unspecified atom stereocenters. The van der Waals surface area contributed by atoms with Gasteiger partial charge < -0.3 is 4.74 Å². The van der Waals surface area contributed by atoms with E-state index in [0.29, 0.717) is 33.4 Å². The molecule has 0 saturated carbocycles. The van der Waals surface area contributed by atoms with Gasteiger partial charge in [0.15, 0.2) is 0 Å². The third kappa shape index (κ3) is 3.82. The number of fused-ring (bicyclic) bond motifs is 3. The first kappa shape index (κ1) is 21.5. The summed E-state index contributed by atoms with van der Waals surface area (Å²) in [6.07, 6.45) is 0.873. The molecular formula is C23H21N4O4S+. The molecule has 0 fully saturated rings. The first-order valence-corrected chi connectivity index (χ1v) is 10.9. The van der Waals surface area contributed by atoms with Gasteiger partial charge in [0, 0.05) is 24.7 Å². The summed E-state index contributed by atoms with van der Waals surface area (Å²) in [6.45, 7) is 6.46. The van der Waals surface area contributed by atoms with E-state index in [1.54, 1.807) is 59.5 Å². The average molecular weight is 450 g/mol. The molecule has 3 aromatic rings. The summed E-state index contributed by atoms with van der Waals surface area (Å²) in [5.41, 5.74) is 1.65. The third-order valence-corrected chi connectivity index (χ3v) is 5.75. The van der Waals surface area contributed by atoms with Crippen LogP contribution in [-0.2, 0) is 9.59 Å². The molecule has 1 N–H and O–H groups in total. The lowest BCUT2D eigenvalue weighted by Crippen LogP contribution is -2.60. The van der Waals surface area contributed by atoms with Crippen LogP contribution in [0.25, 0.3) is 11.3 Å². The number of rotatable bonds is 5. The van der Waals surface area contributed by atoms with Crippen LogP contribution < -0.4 is 19.9 Å². The normalized spacial score (nSPS) is 14.3. The lowest BCUT2D eigenvalue weighted by Gasteiger charge is -2.31. The summed E-state index contributed by atoms with van der Waals surface area (Å²) in [7, 11) is 0. The zero-order chi connectivity index (χ0) is 22.8. The van der Waals surface area contributed by atoms with Crippen molar-refractivity contribution in [1.29, 1.82) is 0 Å². The Bertz CT molecular complexity index is 1290. The van der Waals surface area contributed by atoms with Gasteiger partial charge in [-0.15, -0.1) is 6.58 Å². The fourth-order valence-corrected chi connectivity index (χ4v) is 4.32. The zero-order valence-corrected chi connectivity index (χ0v) is 18.4. The van der Waals surface area contributed by atoms with E-state index in [9.17, 15) is 14.4 Å². The Morgan fingerprint density at radius 3 is 2.66 bits per heavy atom. The molecule has 1 aliphatic heterocycles. The van der Waals surface area contributed by atoms with Crippen molar-refractivity contribution in [2.75, 3.05) is 10.7 Å². The van der Waals surface area contributed by atoms with Gasteiger partial charge in [0.2, 0.25) is 11.1 Å². The second-order valence-electron chi connectivity index (χ2n) is 7.06. The maximum Gasteiger partial charge on any atom is 0.325 e. The fourth-order valence-electron chi connectivity index (χ4n) is 3.74. The van der Waals surface area contributed by atoms with Gasteiger partial charge >= 0.3 is 17.2 Å². The van der Waals surface area contributed by atoms with Gasteiger partial charge in [0.25, 0.3) is 6.17 Å². The van der Waals surface area contributed by atoms with Crippen molar-refractivity contribution >= 4 is 29.3 Å². The van der Waals surface area contributed by atoms with Crippen LogP contribution in [-0.4, -0.2) is 27.7 Å². The molecule has 1 aromatic heterocycles. The number of hydrogen-bond acceptors (Lipinski definition) is 6. The van der Waals surface area contributed by atoms with Crippen molar-refractivity contribution in [3.8, 4) is 17.0 Å². The minimum absolute atomic E-state index is 0.249. The molecule has 1 amide bonds. The number of H-pyrrole nitrogens is 1. The van der Waals surface area contributed by atoms with E-state index in [-0.39, 0.29) is 17.2 Å². The summed E-state index contributed by atoms with van der Waals surface area (Å²) in [4.78, 5) is 42.2. The number of ether oxygens (including phenoxy) is 1. The first-order valence-electron chi connectivity index (χ1n) is 9.88. The summed E-state index contributed by atoms with van der Waals surface area (Å²) in [5, 5.41) is 5.05. The van der Waals surface area contributed by atoms with Crippen molar-refractivity contribution in [2.45, 2.75) is 25.2 Å². The minimum Gasteiger partial charge on any atom is -0.426 e. The number of hydrogen-bond donors (Lipinski definition) is 1. The molecule has 0 spiro atoms. The largest absolute Gasteiger partial charge is 0.426 e. The van der Waals surface area contributed by atoms with Crippen molar-refractivity contribution in [2.24, 2.45) is 0 Å². The second-order valence-corrected chi connectivity index (χ2v) is 8.07. The van der Waals surface area contributed by atoms with Crippen LogP contribution in [0.15, 0.2) is 71.1 Å². The van der Waals surface area contributed by atoms with E-state index in [1.807, 2.05) is 0 Å². The molecule has 0 saturated heterocycles. The van der Waals surface area contributed by atoms with E-state index < -0.39 is 12.1 Å². The monoisotopic (exact) mass is 449 g/mol. The average Bonchev–Trinajstić information content (AvgIpc) is 2.76. The highest BCUT2D eigenvalue weighted by Gasteiger charge is 2.46. The van der Waals surface area contributed by atoms with Crippen molar-refractivity contribution in [1.82, 2.24) is 10.1 Å². The molecule has 0 bridgehead atoms. The Morgan fingerprint density at radius 1 is 1.22 bits per heavy atom. The molecule has 1 aliphatic rings. The SMILES string of the molecule is C=CCSc1n[n+]2c(c(=O)[nH]1)-c1ccccc1N(C(C)=O)C2c1ccccc1OC(C)=O. The van der Waals surface area contributed by atoms with Crippen molar-refractivity contribution in [3.63, 3.8) is 0 Å². The highest BCUT2D eigenvalue weighted by molar-refractivity contribution is 7.99. The Morgan fingerprint density at radius 2 is 1.94 bits per heavy atom. The van der Waals surface area contributed by atoms with Crippen LogP contribution >= 0.6 is 11.8 Å². The summed E-state index contributed by atoms with van der Waals surface area (Å²) in [6, 6.07) is 14.1.